The van der Waals surface area contributed by atoms with Gasteiger partial charge in [0.25, 0.3) is 0 Å². The Labute approximate surface area is 193 Å². The fourth-order valence-electron chi connectivity index (χ4n) is 3.59. The van der Waals surface area contributed by atoms with Crippen LogP contribution in [-0.2, 0) is 16.6 Å². The molecule has 2 heterocycles. The van der Waals surface area contributed by atoms with E-state index in [2.05, 4.69) is 30.6 Å². The first-order chi connectivity index (χ1) is 15.9. The maximum Gasteiger partial charge on any atom is 0.240 e. The lowest BCUT2D eigenvalue weighted by atomic mass is 10.1. The Morgan fingerprint density at radius 2 is 1.97 bits per heavy atom. The molecule has 1 aliphatic heterocycles. The van der Waals surface area contributed by atoms with Gasteiger partial charge < -0.3 is 16.0 Å². The number of benzene rings is 2. The average molecular weight is 471 g/mol. The first kappa shape index (κ1) is 23.1. The fourth-order valence-corrected chi connectivity index (χ4v) is 4.86. The van der Waals surface area contributed by atoms with E-state index >= 15 is 0 Å². The number of aryl methyl sites for hydroxylation is 1. The van der Waals surface area contributed by atoms with Crippen LogP contribution in [0.15, 0.2) is 59.6 Å². The molecule has 1 aromatic heterocycles. The summed E-state index contributed by atoms with van der Waals surface area (Å²) in [5.41, 5.74) is 2.17. The van der Waals surface area contributed by atoms with Crippen LogP contribution in [0.3, 0.4) is 0 Å². The molecule has 0 bridgehead atoms. The van der Waals surface area contributed by atoms with Gasteiger partial charge in [-0.2, -0.15) is 4.98 Å². The molecule has 4 rings (SSSR count). The number of anilines is 3. The van der Waals surface area contributed by atoms with Crippen molar-refractivity contribution in [1.29, 1.82) is 0 Å². The number of nitrogens with zero attached hydrogens (tertiary/aromatic N) is 2. The Bertz CT molecular complexity index is 1200. The Balaban J connectivity index is 1.35. The third-order valence-corrected chi connectivity index (χ3v) is 6.93. The van der Waals surface area contributed by atoms with E-state index in [4.69, 9.17) is 0 Å². The van der Waals surface area contributed by atoms with Gasteiger partial charge in [0.2, 0.25) is 16.0 Å². The summed E-state index contributed by atoms with van der Waals surface area (Å²) < 4.78 is 41.5. The van der Waals surface area contributed by atoms with E-state index < -0.39 is 10.0 Å². The molecule has 10 heteroatoms. The van der Waals surface area contributed by atoms with Crippen LogP contribution in [-0.4, -0.2) is 37.5 Å². The quantitative estimate of drug-likeness (QED) is 0.400. The van der Waals surface area contributed by atoms with E-state index in [0.29, 0.717) is 30.4 Å². The molecule has 174 valence electrons. The van der Waals surface area contributed by atoms with Crippen LogP contribution in [0, 0.1) is 12.7 Å². The van der Waals surface area contributed by atoms with Crippen molar-refractivity contribution in [2.24, 2.45) is 0 Å². The Morgan fingerprint density at radius 3 is 2.70 bits per heavy atom. The van der Waals surface area contributed by atoms with Gasteiger partial charge in [0, 0.05) is 31.0 Å². The number of hydrogen-bond donors (Lipinski definition) is 4. The molecule has 0 amide bonds. The molecule has 8 nitrogen and oxygen atoms in total. The van der Waals surface area contributed by atoms with E-state index in [1.54, 1.807) is 55.6 Å². The van der Waals surface area contributed by atoms with Crippen molar-refractivity contribution in [3.8, 4) is 0 Å². The van der Waals surface area contributed by atoms with Gasteiger partial charge in [-0.25, -0.2) is 22.5 Å². The Hall–Kier alpha value is -3.08. The molecule has 0 aliphatic carbocycles. The van der Waals surface area contributed by atoms with Crippen molar-refractivity contribution < 1.29 is 12.8 Å². The topological polar surface area (TPSA) is 108 Å². The molecule has 1 fully saturated rings. The van der Waals surface area contributed by atoms with Gasteiger partial charge in [-0.3, -0.25) is 0 Å². The summed E-state index contributed by atoms with van der Waals surface area (Å²) in [6.07, 6.45) is 3.42. The molecule has 0 radical (unpaired) electrons. The fraction of sp³-hybridized carbons (Fsp3) is 0.304. The van der Waals surface area contributed by atoms with E-state index in [9.17, 15) is 12.8 Å². The molecule has 0 spiro atoms. The predicted octanol–water partition coefficient (Wildman–Crippen LogP) is 3.31. The van der Waals surface area contributed by atoms with Gasteiger partial charge in [-0.05, 0) is 73.8 Å². The van der Waals surface area contributed by atoms with Crippen LogP contribution in [0.2, 0.25) is 0 Å². The molecular formula is C23H27FN6O2S. The minimum absolute atomic E-state index is 0.0815. The van der Waals surface area contributed by atoms with Crippen molar-refractivity contribution in [2.45, 2.75) is 37.2 Å². The first-order valence-electron chi connectivity index (χ1n) is 10.8. The summed E-state index contributed by atoms with van der Waals surface area (Å²) in [6, 6.07) is 13.1. The van der Waals surface area contributed by atoms with Gasteiger partial charge in [0.15, 0.2) is 0 Å². The Morgan fingerprint density at radius 1 is 1.15 bits per heavy atom. The van der Waals surface area contributed by atoms with Crippen LogP contribution in [0.1, 0.15) is 24.0 Å². The monoisotopic (exact) mass is 470 g/mol. The number of aromatic nitrogens is 2. The molecule has 2 aromatic carbocycles. The molecule has 0 saturated carbocycles. The minimum atomic E-state index is -3.55. The molecule has 1 atom stereocenters. The van der Waals surface area contributed by atoms with Crippen molar-refractivity contribution in [1.82, 2.24) is 20.0 Å². The molecule has 4 N–H and O–H groups in total. The van der Waals surface area contributed by atoms with Crippen LogP contribution in [0.5, 0.6) is 0 Å². The van der Waals surface area contributed by atoms with Crippen LogP contribution >= 0.6 is 0 Å². The number of hydrogen-bond acceptors (Lipinski definition) is 7. The third kappa shape index (κ3) is 6.25. The second-order valence-electron chi connectivity index (χ2n) is 8.02. The molecule has 33 heavy (non-hydrogen) atoms. The largest absolute Gasteiger partial charge is 0.350 e. The second-order valence-corrected chi connectivity index (χ2v) is 9.73. The average Bonchev–Trinajstić information content (AvgIpc) is 2.81. The smallest absolute Gasteiger partial charge is 0.240 e. The highest BCUT2D eigenvalue weighted by Crippen LogP contribution is 2.19. The molecular weight excluding hydrogens is 443 g/mol. The van der Waals surface area contributed by atoms with Crippen LogP contribution in [0.4, 0.5) is 21.8 Å². The highest BCUT2D eigenvalue weighted by atomic mass is 32.2. The summed E-state index contributed by atoms with van der Waals surface area (Å²) in [4.78, 5) is 8.88. The standard InChI is InChI=1S/C23H27FN6O2S/c1-16-13-18(6-9-21(16)24)28-22-10-12-26-23(29-22)27-14-17-4-7-20(8-5-17)33(31,32)30-19-3-2-11-25-15-19/h4-10,12-13,19,25,30H,2-3,11,14-15H2,1H3,(H2,26,27,28,29). The third-order valence-electron chi connectivity index (χ3n) is 5.39. The highest BCUT2D eigenvalue weighted by molar-refractivity contribution is 7.89. The number of sulfonamides is 1. The van der Waals surface area contributed by atoms with Gasteiger partial charge in [0.05, 0.1) is 4.90 Å². The van der Waals surface area contributed by atoms with Gasteiger partial charge in [0.1, 0.15) is 11.6 Å². The SMILES string of the molecule is Cc1cc(Nc2ccnc(NCc3ccc(S(=O)(=O)NC4CCCNC4)cc3)n2)ccc1F. The molecule has 3 aromatic rings. The lowest BCUT2D eigenvalue weighted by Crippen LogP contribution is -2.45. The summed E-state index contributed by atoms with van der Waals surface area (Å²) in [5, 5.41) is 9.47. The summed E-state index contributed by atoms with van der Waals surface area (Å²) in [7, 11) is -3.55. The van der Waals surface area contributed by atoms with E-state index in [-0.39, 0.29) is 16.8 Å². The highest BCUT2D eigenvalue weighted by Gasteiger charge is 2.21. The van der Waals surface area contributed by atoms with Crippen LogP contribution in [0.25, 0.3) is 0 Å². The van der Waals surface area contributed by atoms with E-state index in [1.807, 2.05) is 0 Å². The number of rotatable bonds is 8. The normalized spacial score (nSPS) is 16.4. The number of nitrogens with one attached hydrogen (secondary N) is 4. The lowest BCUT2D eigenvalue weighted by molar-refractivity contribution is 0.428. The van der Waals surface area contributed by atoms with E-state index in [1.165, 1.54) is 6.07 Å². The van der Waals surface area contributed by atoms with Crippen molar-refractivity contribution in [3.63, 3.8) is 0 Å². The molecule has 1 aliphatic rings. The summed E-state index contributed by atoms with van der Waals surface area (Å²) in [6.45, 7) is 3.71. The zero-order valence-corrected chi connectivity index (χ0v) is 19.1. The van der Waals surface area contributed by atoms with E-state index in [0.717, 1.165) is 30.6 Å². The maximum absolute atomic E-state index is 13.5. The van der Waals surface area contributed by atoms with Crippen molar-refractivity contribution in [2.75, 3.05) is 23.7 Å². The van der Waals surface area contributed by atoms with Crippen molar-refractivity contribution >= 4 is 27.5 Å². The molecule has 1 unspecified atom stereocenters. The Kier molecular flexibility index (Phi) is 7.17. The van der Waals surface area contributed by atoms with Gasteiger partial charge in [-0.15, -0.1) is 0 Å². The predicted molar refractivity (Wildman–Crippen MR) is 126 cm³/mol. The lowest BCUT2D eigenvalue weighted by Gasteiger charge is -2.23. The zero-order valence-electron chi connectivity index (χ0n) is 18.3. The van der Waals surface area contributed by atoms with Crippen LogP contribution < -0.4 is 20.7 Å². The first-order valence-corrected chi connectivity index (χ1v) is 12.3. The van der Waals surface area contributed by atoms with Crippen molar-refractivity contribution in [3.05, 3.63) is 71.7 Å². The second kappa shape index (κ2) is 10.2. The minimum Gasteiger partial charge on any atom is -0.350 e. The summed E-state index contributed by atoms with van der Waals surface area (Å²) >= 11 is 0. The number of halogens is 1. The maximum atomic E-state index is 13.5. The number of piperidine rings is 1. The summed E-state index contributed by atoms with van der Waals surface area (Å²) in [5.74, 6) is 0.733. The molecule has 1 saturated heterocycles. The zero-order chi connectivity index (χ0) is 23.3. The van der Waals surface area contributed by atoms with Gasteiger partial charge >= 0.3 is 0 Å². The van der Waals surface area contributed by atoms with Gasteiger partial charge in [-0.1, -0.05) is 12.1 Å².